The Balaban J connectivity index is 2.19. The van der Waals surface area contributed by atoms with Crippen LogP contribution >= 0.6 is 15.9 Å². The Morgan fingerprint density at radius 1 is 1.28 bits per heavy atom. The zero-order valence-electron chi connectivity index (χ0n) is 11.4. The van der Waals surface area contributed by atoms with Gasteiger partial charge in [0.05, 0.1) is 0 Å². The average Bonchev–Trinajstić information content (AvgIpc) is 2.72. The quantitative estimate of drug-likeness (QED) is 0.780. The van der Waals surface area contributed by atoms with Crippen molar-refractivity contribution in [1.29, 1.82) is 0 Å². The van der Waals surface area contributed by atoms with Crippen molar-refractivity contribution in [3.8, 4) is 0 Å². The van der Waals surface area contributed by atoms with E-state index in [0.717, 1.165) is 11.9 Å². The maximum absolute atomic E-state index is 12.3. The van der Waals surface area contributed by atoms with Crippen molar-refractivity contribution >= 4 is 15.9 Å². The average molecular weight is 315 g/mol. The molecule has 0 unspecified atom stereocenters. The Morgan fingerprint density at radius 2 is 1.94 bits per heavy atom. The molecule has 1 heterocycles. The number of hydrogen-bond donors (Lipinski definition) is 0. The third-order valence-electron chi connectivity index (χ3n) is 4.13. The van der Waals surface area contributed by atoms with Crippen LogP contribution in [0.15, 0.2) is 17.2 Å². The Bertz CT molecular complexity index is 441. The SMILES string of the molecule is CC(C)n1ccn(CC2(CBr)CCCCC2)c1=O. The van der Waals surface area contributed by atoms with Crippen LogP contribution < -0.4 is 5.69 Å². The normalized spacial score (nSPS) is 19.3. The summed E-state index contributed by atoms with van der Waals surface area (Å²) in [6.45, 7) is 4.95. The molecule has 0 N–H and O–H groups in total. The van der Waals surface area contributed by atoms with Gasteiger partial charge in [-0.25, -0.2) is 4.79 Å². The zero-order chi connectivity index (χ0) is 13.2. The van der Waals surface area contributed by atoms with E-state index in [-0.39, 0.29) is 17.1 Å². The molecule has 0 radical (unpaired) electrons. The first-order valence-electron chi connectivity index (χ1n) is 6.91. The van der Waals surface area contributed by atoms with E-state index in [1.54, 1.807) is 0 Å². The van der Waals surface area contributed by atoms with Crippen molar-refractivity contribution < 1.29 is 0 Å². The fourth-order valence-electron chi connectivity index (χ4n) is 2.94. The highest BCUT2D eigenvalue weighted by atomic mass is 79.9. The molecular formula is C14H23BrN2O. The first kappa shape index (κ1) is 13.9. The minimum Gasteiger partial charge on any atom is -0.299 e. The predicted octanol–water partition coefficient (Wildman–Crippen LogP) is 3.58. The monoisotopic (exact) mass is 314 g/mol. The Kier molecular flexibility index (Phi) is 4.36. The van der Waals surface area contributed by atoms with Crippen molar-refractivity contribution in [2.75, 3.05) is 5.33 Å². The molecule has 3 nitrogen and oxygen atoms in total. The highest BCUT2D eigenvalue weighted by molar-refractivity contribution is 9.09. The van der Waals surface area contributed by atoms with Gasteiger partial charge in [0.15, 0.2) is 0 Å². The molecule has 0 saturated heterocycles. The Morgan fingerprint density at radius 3 is 2.44 bits per heavy atom. The smallest absolute Gasteiger partial charge is 0.299 e. The van der Waals surface area contributed by atoms with Crippen LogP contribution in [0.25, 0.3) is 0 Å². The molecule has 18 heavy (non-hydrogen) atoms. The maximum atomic E-state index is 12.3. The van der Waals surface area contributed by atoms with Crippen LogP contribution in [0.1, 0.15) is 52.0 Å². The predicted molar refractivity (Wildman–Crippen MR) is 78.4 cm³/mol. The summed E-state index contributed by atoms with van der Waals surface area (Å²) in [6, 6.07) is 0.241. The second kappa shape index (κ2) is 5.64. The van der Waals surface area contributed by atoms with Crippen molar-refractivity contribution in [3.05, 3.63) is 22.9 Å². The number of hydrogen-bond acceptors (Lipinski definition) is 1. The Labute approximate surface area is 117 Å². The molecule has 0 aromatic carbocycles. The number of rotatable bonds is 4. The van der Waals surface area contributed by atoms with E-state index in [4.69, 9.17) is 0 Å². The molecule has 0 amide bonds. The van der Waals surface area contributed by atoms with Gasteiger partial charge in [0.1, 0.15) is 0 Å². The second-order valence-electron chi connectivity index (χ2n) is 5.90. The van der Waals surface area contributed by atoms with E-state index >= 15 is 0 Å². The highest BCUT2D eigenvalue weighted by Crippen LogP contribution is 2.39. The molecule has 1 aliphatic rings. The van der Waals surface area contributed by atoms with Crippen LogP contribution in [0.2, 0.25) is 0 Å². The van der Waals surface area contributed by atoms with Crippen molar-refractivity contribution in [2.24, 2.45) is 5.41 Å². The van der Waals surface area contributed by atoms with Gasteiger partial charge in [-0.05, 0) is 32.1 Å². The van der Waals surface area contributed by atoms with Crippen LogP contribution in [0.5, 0.6) is 0 Å². The van der Waals surface area contributed by atoms with Gasteiger partial charge in [-0.3, -0.25) is 9.13 Å². The lowest BCUT2D eigenvalue weighted by molar-refractivity contribution is 0.188. The number of nitrogens with zero attached hydrogens (tertiary/aromatic N) is 2. The van der Waals surface area contributed by atoms with E-state index in [9.17, 15) is 4.79 Å². The number of imidazole rings is 1. The summed E-state index contributed by atoms with van der Waals surface area (Å²) in [7, 11) is 0. The van der Waals surface area contributed by atoms with Gasteiger partial charge in [-0.1, -0.05) is 35.2 Å². The maximum Gasteiger partial charge on any atom is 0.328 e. The molecule has 0 atom stereocenters. The summed E-state index contributed by atoms with van der Waals surface area (Å²) >= 11 is 3.66. The van der Waals surface area contributed by atoms with Crippen LogP contribution in [0.4, 0.5) is 0 Å². The van der Waals surface area contributed by atoms with Crippen LogP contribution in [0.3, 0.4) is 0 Å². The number of alkyl halides is 1. The lowest BCUT2D eigenvalue weighted by atomic mass is 9.75. The van der Waals surface area contributed by atoms with E-state index in [2.05, 4.69) is 15.9 Å². The minimum atomic E-state index is 0.135. The van der Waals surface area contributed by atoms with E-state index in [0.29, 0.717) is 0 Å². The van der Waals surface area contributed by atoms with Gasteiger partial charge < -0.3 is 0 Å². The fraction of sp³-hybridized carbons (Fsp3) is 0.786. The fourth-order valence-corrected chi connectivity index (χ4v) is 3.68. The number of halogens is 1. The molecule has 1 aliphatic carbocycles. The molecule has 1 saturated carbocycles. The van der Waals surface area contributed by atoms with Crippen LogP contribution in [0, 0.1) is 5.41 Å². The van der Waals surface area contributed by atoms with Crippen LogP contribution in [-0.4, -0.2) is 14.5 Å². The van der Waals surface area contributed by atoms with Crippen molar-refractivity contribution in [2.45, 2.75) is 58.5 Å². The zero-order valence-corrected chi connectivity index (χ0v) is 12.9. The summed E-state index contributed by atoms with van der Waals surface area (Å²) < 4.78 is 3.71. The van der Waals surface area contributed by atoms with Gasteiger partial charge >= 0.3 is 5.69 Å². The molecule has 0 bridgehead atoms. The molecule has 1 aromatic heterocycles. The summed E-state index contributed by atoms with van der Waals surface area (Å²) in [5, 5.41) is 0.999. The first-order valence-corrected chi connectivity index (χ1v) is 8.03. The highest BCUT2D eigenvalue weighted by Gasteiger charge is 2.32. The van der Waals surface area contributed by atoms with Gasteiger partial charge in [0, 0.05) is 30.3 Å². The van der Waals surface area contributed by atoms with Gasteiger partial charge in [-0.2, -0.15) is 0 Å². The molecule has 4 heteroatoms. The third-order valence-corrected chi connectivity index (χ3v) is 5.32. The van der Waals surface area contributed by atoms with Gasteiger partial charge in [-0.15, -0.1) is 0 Å². The minimum absolute atomic E-state index is 0.135. The molecule has 0 aliphatic heterocycles. The molecular weight excluding hydrogens is 292 g/mol. The summed E-state index contributed by atoms with van der Waals surface area (Å²) in [4.78, 5) is 12.3. The Hall–Kier alpha value is -0.510. The lowest BCUT2D eigenvalue weighted by Crippen LogP contribution is -2.36. The van der Waals surface area contributed by atoms with E-state index in [1.165, 1.54) is 32.1 Å². The lowest BCUT2D eigenvalue weighted by Gasteiger charge is -2.35. The van der Waals surface area contributed by atoms with Gasteiger partial charge in [0.25, 0.3) is 0 Å². The van der Waals surface area contributed by atoms with Crippen LogP contribution in [-0.2, 0) is 6.54 Å². The van der Waals surface area contributed by atoms with Gasteiger partial charge in [0.2, 0.25) is 0 Å². The summed E-state index contributed by atoms with van der Waals surface area (Å²) in [5.41, 5.74) is 0.418. The summed E-state index contributed by atoms with van der Waals surface area (Å²) in [5.74, 6) is 0. The topological polar surface area (TPSA) is 26.9 Å². The molecule has 2 rings (SSSR count). The first-order chi connectivity index (χ1) is 8.58. The summed E-state index contributed by atoms with van der Waals surface area (Å²) in [6.07, 6.45) is 10.3. The molecule has 1 aromatic rings. The second-order valence-corrected chi connectivity index (χ2v) is 6.46. The van der Waals surface area contributed by atoms with E-state index < -0.39 is 0 Å². The standard InChI is InChI=1S/C14H23BrN2O/c1-12(2)17-9-8-16(13(17)18)11-14(10-15)6-4-3-5-7-14/h8-9,12H,3-7,10-11H2,1-2H3. The molecule has 1 fully saturated rings. The third kappa shape index (κ3) is 2.73. The molecule has 102 valence electrons. The van der Waals surface area contributed by atoms with Crippen molar-refractivity contribution in [1.82, 2.24) is 9.13 Å². The molecule has 0 spiro atoms. The largest absolute Gasteiger partial charge is 0.328 e. The van der Waals surface area contributed by atoms with E-state index in [1.807, 2.05) is 35.4 Å². The van der Waals surface area contributed by atoms with Crippen molar-refractivity contribution in [3.63, 3.8) is 0 Å². The number of aromatic nitrogens is 2.